The number of anilines is 1. The fourth-order valence-electron chi connectivity index (χ4n) is 2.92. The summed E-state index contributed by atoms with van der Waals surface area (Å²) in [5, 5.41) is 15.3. The Balaban J connectivity index is 1.77. The van der Waals surface area contributed by atoms with Gasteiger partial charge in [0.15, 0.2) is 11.5 Å². The van der Waals surface area contributed by atoms with Crippen molar-refractivity contribution >= 4 is 29.2 Å². The van der Waals surface area contributed by atoms with Crippen LogP contribution in [0, 0.1) is 17.0 Å². The maximum absolute atomic E-state index is 12.8. The van der Waals surface area contributed by atoms with Gasteiger partial charge in [-0.2, -0.15) is 18.3 Å². The number of nitrogens with zero attached hydrogens (tertiary/aromatic N) is 2. The van der Waals surface area contributed by atoms with E-state index in [1.54, 1.807) is 12.1 Å². The summed E-state index contributed by atoms with van der Waals surface area (Å²) in [7, 11) is 1.44. The topological polar surface area (TPSA) is 86.0 Å². The van der Waals surface area contributed by atoms with Gasteiger partial charge in [0.2, 0.25) is 0 Å². The van der Waals surface area contributed by atoms with E-state index >= 15 is 0 Å². The van der Waals surface area contributed by atoms with Gasteiger partial charge in [0, 0.05) is 6.07 Å². The molecule has 0 atom stereocenters. The SMILES string of the molecule is COc1cc(/C=N\Nc2ccc(C(F)(F)F)cc2[N+](=O)[O-])cc(Cl)c1OCc1ccc(C)cc1. The average molecular weight is 494 g/mol. The lowest BCUT2D eigenvalue weighted by Crippen LogP contribution is -2.06. The molecule has 178 valence electrons. The van der Waals surface area contributed by atoms with E-state index in [1.165, 1.54) is 13.3 Å². The van der Waals surface area contributed by atoms with E-state index < -0.39 is 22.4 Å². The monoisotopic (exact) mass is 493 g/mol. The highest BCUT2D eigenvalue weighted by molar-refractivity contribution is 6.32. The number of nitrogens with one attached hydrogen (secondary N) is 1. The number of nitro benzene ring substituents is 1. The Morgan fingerprint density at radius 1 is 1.15 bits per heavy atom. The molecular weight excluding hydrogens is 475 g/mol. The second-order valence-corrected chi connectivity index (χ2v) is 7.57. The Bertz CT molecular complexity index is 1220. The van der Waals surface area contributed by atoms with Crippen molar-refractivity contribution in [2.75, 3.05) is 12.5 Å². The first-order chi connectivity index (χ1) is 16.1. The van der Waals surface area contributed by atoms with Crippen LogP contribution in [0.15, 0.2) is 59.7 Å². The first-order valence-corrected chi connectivity index (χ1v) is 10.2. The molecule has 0 aliphatic carbocycles. The van der Waals surface area contributed by atoms with Crippen LogP contribution in [0.2, 0.25) is 5.02 Å². The third kappa shape index (κ3) is 6.16. The van der Waals surface area contributed by atoms with Crippen molar-refractivity contribution in [2.24, 2.45) is 5.10 Å². The largest absolute Gasteiger partial charge is 0.493 e. The normalized spacial score (nSPS) is 11.5. The fourth-order valence-corrected chi connectivity index (χ4v) is 3.20. The number of hydrazone groups is 1. The number of ether oxygens (including phenoxy) is 2. The summed E-state index contributed by atoms with van der Waals surface area (Å²) in [6, 6.07) is 13.0. The van der Waals surface area contributed by atoms with Crippen LogP contribution in [0.5, 0.6) is 11.5 Å². The number of hydrogen-bond acceptors (Lipinski definition) is 6. The molecule has 0 unspecified atom stereocenters. The molecule has 0 heterocycles. The van der Waals surface area contributed by atoms with Gasteiger partial charge in [-0.05, 0) is 42.3 Å². The summed E-state index contributed by atoms with van der Waals surface area (Å²) < 4.78 is 49.7. The molecule has 34 heavy (non-hydrogen) atoms. The van der Waals surface area contributed by atoms with E-state index in [2.05, 4.69) is 10.5 Å². The standard InChI is InChI=1S/C23H19ClF3N3O4/c1-14-3-5-15(6-4-14)13-34-22-18(24)9-16(10-21(22)33-2)12-28-29-19-8-7-17(23(25,26)27)11-20(19)30(31)32/h3-12,29H,13H2,1-2H3/b28-12-. The summed E-state index contributed by atoms with van der Waals surface area (Å²) in [5.41, 5.74) is 2.82. The highest BCUT2D eigenvalue weighted by Crippen LogP contribution is 2.37. The van der Waals surface area contributed by atoms with E-state index in [-0.39, 0.29) is 17.3 Å². The van der Waals surface area contributed by atoms with E-state index in [1.807, 2.05) is 31.2 Å². The number of nitro groups is 1. The molecule has 0 amide bonds. The zero-order valence-electron chi connectivity index (χ0n) is 18.0. The molecular formula is C23H19ClF3N3O4. The highest BCUT2D eigenvalue weighted by atomic mass is 35.5. The lowest BCUT2D eigenvalue weighted by molar-refractivity contribution is -0.384. The van der Waals surface area contributed by atoms with Crippen molar-refractivity contribution in [3.05, 3.63) is 92.0 Å². The second kappa shape index (κ2) is 10.4. The Morgan fingerprint density at radius 2 is 1.85 bits per heavy atom. The maximum Gasteiger partial charge on any atom is 0.416 e. The van der Waals surface area contributed by atoms with Crippen molar-refractivity contribution in [1.82, 2.24) is 0 Å². The summed E-state index contributed by atoms with van der Waals surface area (Å²) in [4.78, 5) is 10.3. The van der Waals surface area contributed by atoms with Crippen LogP contribution < -0.4 is 14.9 Å². The molecule has 3 aromatic rings. The summed E-state index contributed by atoms with van der Waals surface area (Å²) >= 11 is 6.34. The van der Waals surface area contributed by atoms with Crippen molar-refractivity contribution in [1.29, 1.82) is 0 Å². The number of rotatable bonds is 8. The van der Waals surface area contributed by atoms with Crippen LogP contribution in [0.25, 0.3) is 0 Å². The van der Waals surface area contributed by atoms with Crippen LogP contribution in [0.4, 0.5) is 24.5 Å². The lowest BCUT2D eigenvalue weighted by atomic mass is 10.1. The molecule has 7 nitrogen and oxygen atoms in total. The first-order valence-electron chi connectivity index (χ1n) is 9.79. The third-order valence-electron chi connectivity index (χ3n) is 4.68. The number of hydrogen-bond donors (Lipinski definition) is 1. The van der Waals surface area contributed by atoms with Crippen molar-refractivity contribution in [3.8, 4) is 11.5 Å². The molecule has 0 aliphatic rings. The lowest BCUT2D eigenvalue weighted by Gasteiger charge is -2.13. The van der Waals surface area contributed by atoms with Crippen molar-refractivity contribution in [3.63, 3.8) is 0 Å². The van der Waals surface area contributed by atoms with Gasteiger partial charge in [-0.25, -0.2) is 0 Å². The number of benzene rings is 3. The summed E-state index contributed by atoms with van der Waals surface area (Å²) in [5.74, 6) is 0.662. The van der Waals surface area contributed by atoms with Crippen molar-refractivity contribution in [2.45, 2.75) is 19.7 Å². The van der Waals surface area contributed by atoms with Gasteiger partial charge in [-0.1, -0.05) is 41.4 Å². The van der Waals surface area contributed by atoms with Crippen molar-refractivity contribution < 1.29 is 27.6 Å². The molecule has 0 bridgehead atoms. The van der Waals surface area contributed by atoms with Gasteiger partial charge < -0.3 is 9.47 Å². The van der Waals surface area contributed by atoms with Gasteiger partial charge >= 0.3 is 6.18 Å². The highest BCUT2D eigenvalue weighted by Gasteiger charge is 2.33. The van der Waals surface area contributed by atoms with Gasteiger partial charge in [0.05, 0.1) is 28.8 Å². The van der Waals surface area contributed by atoms with Crippen LogP contribution in [-0.2, 0) is 12.8 Å². The Hall–Kier alpha value is -3.79. The predicted molar refractivity (Wildman–Crippen MR) is 123 cm³/mol. The molecule has 3 rings (SSSR count). The number of halogens is 4. The minimum Gasteiger partial charge on any atom is -0.493 e. The molecule has 0 saturated carbocycles. The maximum atomic E-state index is 12.8. The number of aryl methyl sites for hydroxylation is 1. The molecule has 0 aliphatic heterocycles. The average Bonchev–Trinajstić information content (AvgIpc) is 2.78. The minimum atomic E-state index is -4.71. The van der Waals surface area contributed by atoms with Gasteiger partial charge in [-0.3, -0.25) is 15.5 Å². The summed E-state index contributed by atoms with van der Waals surface area (Å²) in [6.07, 6.45) is -3.41. The van der Waals surface area contributed by atoms with Gasteiger partial charge in [-0.15, -0.1) is 0 Å². The second-order valence-electron chi connectivity index (χ2n) is 7.17. The quantitative estimate of drug-likeness (QED) is 0.217. The predicted octanol–water partition coefficient (Wildman–Crippen LogP) is 6.61. The van der Waals surface area contributed by atoms with Crippen LogP contribution in [0.3, 0.4) is 0 Å². The van der Waals surface area contributed by atoms with Gasteiger partial charge in [0.1, 0.15) is 12.3 Å². The third-order valence-corrected chi connectivity index (χ3v) is 4.96. The number of methoxy groups -OCH3 is 1. The molecule has 0 radical (unpaired) electrons. The van der Waals surface area contributed by atoms with E-state index in [4.69, 9.17) is 21.1 Å². The Morgan fingerprint density at radius 3 is 2.47 bits per heavy atom. The van der Waals surface area contributed by atoms with Crippen LogP contribution in [0.1, 0.15) is 22.3 Å². The summed E-state index contributed by atoms with van der Waals surface area (Å²) in [6.45, 7) is 2.25. The molecule has 0 fully saturated rings. The molecule has 3 aromatic carbocycles. The zero-order valence-corrected chi connectivity index (χ0v) is 18.8. The zero-order chi connectivity index (χ0) is 24.9. The van der Waals surface area contributed by atoms with Gasteiger partial charge in [0.25, 0.3) is 5.69 Å². The Labute approximate surface area is 197 Å². The molecule has 0 aromatic heterocycles. The first kappa shape index (κ1) is 24.8. The van der Waals surface area contributed by atoms with Crippen LogP contribution >= 0.6 is 11.6 Å². The van der Waals surface area contributed by atoms with Crippen LogP contribution in [-0.4, -0.2) is 18.2 Å². The molecule has 11 heteroatoms. The smallest absolute Gasteiger partial charge is 0.416 e. The molecule has 0 saturated heterocycles. The van der Waals surface area contributed by atoms with E-state index in [0.29, 0.717) is 23.1 Å². The minimum absolute atomic E-state index is 0.203. The van der Waals surface area contributed by atoms with E-state index in [0.717, 1.165) is 23.3 Å². The number of alkyl halides is 3. The fraction of sp³-hybridized carbons (Fsp3) is 0.174. The molecule has 0 spiro atoms. The Kier molecular flexibility index (Phi) is 7.62. The molecule has 1 N–H and O–H groups in total. The van der Waals surface area contributed by atoms with E-state index in [9.17, 15) is 23.3 Å².